The van der Waals surface area contributed by atoms with Gasteiger partial charge in [-0.3, -0.25) is 4.79 Å². The number of nitrogens with zero attached hydrogens (tertiary/aromatic N) is 4. The van der Waals surface area contributed by atoms with Crippen LogP contribution in [0, 0.1) is 0 Å². The van der Waals surface area contributed by atoms with Gasteiger partial charge in [0, 0.05) is 36.7 Å². The van der Waals surface area contributed by atoms with E-state index in [1.807, 2.05) is 82.8 Å². The summed E-state index contributed by atoms with van der Waals surface area (Å²) in [4.78, 5) is 19.5. The quantitative estimate of drug-likeness (QED) is 0.558. The fraction of sp³-hybridized carbons (Fsp3) is 0.182. The molecule has 0 N–H and O–H groups in total. The minimum atomic E-state index is 0.0935. The Balaban J connectivity index is 1.37. The minimum Gasteiger partial charge on any atom is -0.336 e. The summed E-state index contributed by atoms with van der Waals surface area (Å²) in [5, 5.41) is 0. The Kier molecular flexibility index (Phi) is 3.78. The van der Waals surface area contributed by atoms with Crippen molar-refractivity contribution in [3.63, 3.8) is 0 Å². The van der Waals surface area contributed by atoms with Gasteiger partial charge in [0.1, 0.15) is 0 Å². The van der Waals surface area contributed by atoms with E-state index in [2.05, 4.69) is 15.6 Å². The Hall–Kier alpha value is -3.34. The van der Waals surface area contributed by atoms with E-state index < -0.39 is 0 Å². The number of fused-ring (bicyclic) bond motifs is 1. The maximum atomic E-state index is 13.0. The van der Waals surface area contributed by atoms with Crippen LogP contribution < -0.4 is 0 Å². The van der Waals surface area contributed by atoms with Gasteiger partial charge in [0.25, 0.3) is 5.91 Å². The number of para-hydroxylation sites is 2. The molecule has 2 aromatic carbocycles. The third-order valence-corrected chi connectivity index (χ3v) is 5.32. The zero-order valence-corrected chi connectivity index (χ0v) is 14.9. The second kappa shape index (κ2) is 6.43. The van der Waals surface area contributed by atoms with E-state index in [4.69, 9.17) is 0 Å². The number of likely N-dealkylation sites (tertiary alicyclic amines) is 1. The Labute approximate surface area is 157 Å². The molecule has 5 nitrogen and oxygen atoms in total. The van der Waals surface area contributed by atoms with Crippen molar-refractivity contribution in [2.24, 2.45) is 0 Å². The van der Waals surface area contributed by atoms with Crippen LogP contribution in [-0.2, 0) is 0 Å². The van der Waals surface area contributed by atoms with Gasteiger partial charge in [-0.1, -0.05) is 18.2 Å². The van der Waals surface area contributed by atoms with E-state index in [-0.39, 0.29) is 11.9 Å². The molecular weight excluding hydrogens is 336 g/mol. The van der Waals surface area contributed by atoms with Crippen molar-refractivity contribution in [3.8, 4) is 5.69 Å². The van der Waals surface area contributed by atoms with Gasteiger partial charge in [-0.05, 0) is 48.9 Å². The van der Waals surface area contributed by atoms with Gasteiger partial charge >= 0.3 is 0 Å². The molecule has 0 radical (unpaired) electrons. The summed E-state index contributed by atoms with van der Waals surface area (Å²) in [6, 6.07) is 20.2. The predicted molar refractivity (Wildman–Crippen MR) is 105 cm³/mol. The Morgan fingerprint density at radius 2 is 1.85 bits per heavy atom. The van der Waals surface area contributed by atoms with Crippen LogP contribution in [0.2, 0.25) is 0 Å². The number of hydrogen-bond acceptors (Lipinski definition) is 2. The van der Waals surface area contributed by atoms with Crippen LogP contribution in [0.1, 0.15) is 22.8 Å². The topological polar surface area (TPSA) is 43.1 Å². The fourth-order valence-electron chi connectivity index (χ4n) is 3.91. The van der Waals surface area contributed by atoms with Crippen molar-refractivity contribution >= 4 is 16.9 Å². The maximum Gasteiger partial charge on any atom is 0.254 e. The number of benzene rings is 2. The first kappa shape index (κ1) is 15.9. The van der Waals surface area contributed by atoms with E-state index >= 15 is 0 Å². The standard InChI is InChI=1S/C22H20N4O/c27-22(17-6-5-7-18(14-17)24-11-3-4-12-24)25-13-10-19(15-25)26-16-23-20-8-1-2-9-21(20)26/h1-9,11-12,14,16,19H,10,13,15H2. The molecule has 5 heteroatoms. The highest BCUT2D eigenvalue weighted by Gasteiger charge is 2.28. The van der Waals surface area contributed by atoms with Crippen LogP contribution in [0.15, 0.2) is 79.4 Å². The highest BCUT2D eigenvalue weighted by atomic mass is 16.2. The molecule has 3 heterocycles. The fourth-order valence-corrected chi connectivity index (χ4v) is 3.91. The van der Waals surface area contributed by atoms with Gasteiger partial charge in [0.05, 0.1) is 23.4 Å². The van der Waals surface area contributed by atoms with Gasteiger partial charge in [0.15, 0.2) is 0 Å². The second-order valence-electron chi connectivity index (χ2n) is 6.97. The molecule has 27 heavy (non-hydrogen) atoms. The first-order valence-corrected chi connectivity index (χ1v) is 9.24. The average molecular weight is 356 g/mol. The summed E-state index contributed by atoms with van der Waals surface area (Å²) < 4.78 is 4.22. The molecule has 134 valence electrons. The van der Waals surface area contributed by atoms with E-state index in [0.29, 0.717) is 6.54 Å². The van der Waals surface area contributed by atoms with E-state index in [0.717, 1.165) is 35.2 Å². The molecule has 0 saturated carbocycles. The van der Waals surface area contributed by atoms with Crippen molar-refractivity contribution in [1.82, 2.24) is 19.0 Å². The van der Waals surface area contributed by atoms with Crippen LogP contribution in [0.3, 0.4) is 0 Å². The van der Waals surface area contributed by atoms with Crippen molar-refractivity contribution in [2.75, 3.05) is 13.1 Å². The van der Waals surface area contributed by atoms with Gasteiger partial charge < -0.3 is 14.0 Å². The zero-order chi connectivity index (χ0) is 18.2. The SMILES string of the molecule is O=C(c1cccc(-n2cccc2)c1)N1CCC(n2cnc3ccccc32)C1. The molecular formula is C22H20N4O. The molecule has 2 aromatic heterocycles. The Morgan fingerprint density at radius 3 is 2.74 bits per heavy atom. The number of carbonyl (C=O) groups excluding carboxylic acids is 1. The molecule has 0 spiro atoms. The van der Waals surface area contributed by atoms with Gasteiger partial charge in [-0.25, -0.2) is 4.98 Å². The lowest BCUT2D eigenvalue weighted by atomic mass is 10.1. The third-order valence-electron chi connectivity index (χ3n) is 5.32. The Bertz CT molecular complexity index is 1100. The summed E-state index contributed by atoms with van der Waals surface area (Å²) in [6.45, 7) is 1.48. The molecule has 0 bridgehead atoms. The highest BCUT2D eigenvalue weighted by molar-refractivity contribution is 5.95. The number of imidazole rings is 1. The lowest BCUT2D eigenvalue weighted by Crippen LogP contribution is -2.29. The van der Waals surface area contributed by atoms with Crippen LogP contribution in [-0.4, -0.2) is 38.0 Å². The molecule has 1 atom stereocenters. The van der Waals surface area contributed by atoms with Crippen molar-refractivity contribution in [2.45, 2.75) is 12.5 Å². The molecule has 1 amide bonds. The predicted octanol–water partition coefficient (Wildman–Crippen LogP) is 3.91. The van der Waals surface area contributed by atoms with Crippen LogP contribution >= 0.6 is 0 Å². The van der Waals surface area contributed by atoms with Crippen molar-refractivity contribution < 1.29 is 4.79 Å². The normalized spacial score (nSPS) is 16.9. The van der Waals surface area contributed by atoms with Gasteiger partial charge in [-0.2, -0.15) is 0 Å². The zero-order valence-electron chi connectivity index (χ0n) is 14.9. The van der Waals surface area contributed by atoms with Gasteiger partial charge in [0.2, 0.25) is 0 Å². The van der Waals surface area contributed by atoms with E-state index in [1.165, 1.54) is 0 Å². The Morgan fingerprint density at radius 1 is 1.00 bits per heavy atom. The van der Waals surface area contributed by atoms with Crippen LogP contribution in [0.25, 0.3) is 16.7 Å². The van der Waals surface area contributed by atoms with Crippen LogP contribution in [0.5, 0.6) is 0 Å². The molecule has 4 aromatic rings. The summed E-state index contributed by atoms with van der Waals surface area (Å²) in [5.41, 5.74) is 3.87. The number of rotatable bonds is 3. The second-order valence-corrected chi connectivity index (χ2v) is 6.97. The molecule has 0 aliphatic carbocycles. The number of aromatic nitrogens is 3. The van der Waals surface area contributed by atoms with Crippen molar-refractivity contribution in [3.05, 3.63) is 84.9 Å². The number of hydrogen-bond donors (Lipinski definition) is 0. The number of carbonyl (C=O) groups is 1. The lowest BCUT2D eigenvalue weighted by Gasteiger charge is -2.18. The molecule has 1 aliphatic rings. The summed E-state index contributed by atoms with van der Waals surface area (Å²) in [6.07, 6.45) is 6.82. The first-order valence-electron chi connectivity index (χ1n) is 9.24. The smallest absolute Gasteiger partial charge is 0.254 e. The highest BCUT2D eigenvalue weighted by Crippen LogP contribution is 2.27. The molecule has 1 aliphatic heterocycles. The monoisotopic (exact) mass is 356 g/mol. The maximum absolute atomic E-state index is 13.0. The largest absolute Gasteiger partial charge is 0.336 e. The molecule has 1 fully saturated rings. The summed E-state index contributed by atoms with van der Waals surface area (Å²) >= 11 is 0. The number of amides is 1. The molecule has 1 saturated heterocycles. The summed E-state index contributed by atoms with van der Waals surface area (Å²) in [7, 11) is 0. The molecule has 1 unspecified atom stereocenters. The molecule has 5 rings (SSSR count). The average Bonchev–Trinajstić information content (AvgIpc) is 3.47. The van der Waals surface area contributed by atoms with Gasteiger partial charge in [-0.15, -0.1) is 0 Å². The lowest BCUT2D eigenvalue weighted by molar-refractivity contribution is 0.0788. The first-order chi connectivity index (χ1) is 13.3. The van der Waals surface area contributed by atoms with Crippen molar-refractivity contribution in [1.29, 1.82) is 0 Å². The minimum absolute atomic E-state index is 0.0935. The van der Waals surface area contributed by atoms with E-state index in [9.17, 15) is 4.79 Å². The van der Waals surface area contributed by atoms with Crippen LogP contribution in [0.4, 0.5) is 0 Å². The summed E-state index contributed by atoms with van der Waals surface area (Å²) in [5.74, 6) is 0.0935. The van der Waals surface area contributed by atoms with E-state index in [1.54, 1.807) is 0 Å². The third kappa shape index (κ3) is 2.81.